The molecule has 3 aromatic rings. The third-order valence-corrected chi connectivity index (χ3v) is 6.19. The van der Waals surface area contributed by atoms with E-state index >= 15 is 0 Å². The number of imidazole rings is 1. The number of benzene rings is 2. The summed E-state index contributed by atoms with van der Waals surface area (Å²) in [7, 11) is -3.44. The predicted octanol–water partition coefficient (Wildman–Crippen LogP) is 2.28. The van der Waals surface area contributed by atoms with Crippen LogP contribution in [0.5, 0.6) is 0 Å². The van der Waals surface area contributed by atoms with E-state index < -0.39 is 10.0 Å². The fraction of sp³-hybridized carbons (Fsp3) is 0.235. The van der Waals surface area contributed by atoms with Gasteiger partial charge in [0.15, 0.2) is 0 Å². The van der Waals surface area contributed by atoms with Crippen molar-refractivity contribution in [3.8, 4) is 0 Å². The van der Waals surface area contributed by atoms with Gasteiger partial charge in [-0.3, -0.25) is 0 Å². The Hall–Kier alpha value is -2.18. The van der Waals surface area contributed by atoms with Crippen molar-refractivity contribution in [1.29, 1.82) is 0 Å². The number of hydrogen-bond donors (Lipinski definition) is 0. The second-order valence-electron chi connectivity index (χ2n) is 5.64. The molecule has 2 aromatic carbocycles. The van der Waals surface area contributed by atoms with Crippen LogP contribution in [-0.4, -0.2) is 35.4 Å². The van der Waals surface area contributed by atoms with E-state index in [0.29, 0.717) is 31.0 Å². The zero-order valence-corrected chi connectivity index (χ0v) is 13.4. The van der Waals surface area contributed by atoms with Crippen molar-refractivity contribution in [3.05, 3.63) is 60.4 Å². The molecule has 0 atom stereocenters. The Morgan fingerprint density at radius 2 is 1.61 bits per heavy atom. The van der Waals surface area contributed by atoms with E-state index in [4.69, 9.17) is 0 Å². The second kappa shape index (κ2) is 5.47. The van der Waals surface area contributed by atoms with Gasteiger partial charge in [-0.15, -0.1) is 0 Å². The maximum absolute atomic E-state index is 12.8. The van der Waals surface area contributed by atoms with Gasteiger partial charge in [-0.25, -0.2) is 13.4 Å². The molecule has 0 saturated carbocycles. The van der Waals surface area contributed by atoms with Gasteiger partial charge in [-0.2, -0.15) is 4.31 Å². The van der Waals surface area contributed by atoms with Crippen LogP contribution in [0.4, 0.5) is 0 Å². The fourth-order valence-corrected chi connectivity index (χ4v) is 4.55. The first-order valence-corrected chi connectivity index (χ1v) is 9.09. The van der Waals surface area contributed by atoms with E-state index in [-0.39, 0.29) is 0 Å². The highest BCUT2D eigenvalue weighted by atomic mass is 32.2. The largest absolute Gasteiger partial charge is 0.327 e. The first-order chi connectivity index (χ1) is 11.2. The molecule has 0 unspecified atom stereocenters. The number of para-hydroxylation sites is 2. The minimum Gasteiger partial charge on any atom is -0.327 e. The highest BCUT2D eigenvalue weighted by Gasteiger charge is 2.27. The molecule has 23 heavy (non-hydrogen) atoms. The molecular weight excluding hydrogens is 310 g/mol. The second-order valence-corrected chi connectivity index (χ2v) is 7.57. The molecule has 5 nitrogen and oxygen atoms in total. The maximum atomic E-state index is 12.8. The van der Waals surface area contributed by atoms with Crippen LogP contribution in [0.1, 0.15) is 5.82 Å². The van der Waals surface area contributed by atoms with Gasteiger partial charge in [-0.05, 0) is 24.3 Å². The number of rotatable bonds is 2. The standard InChI is InChI=1S/C17H17N3O2S/c21-23(22,14-6-2-1-3-7-14)19-11-10-17-18-15-8-4-5-9-16(15)20(17)13-12-19/h1-9H,10-13H2. The zero-order chi connectivity index (χ0) is 15.9. The number of sulfonamides is 1. The SMILES string of the molecule is O=S(=O)(c1ccccc1)N1CCc2nc3ccccc3n2CC1. The summed E-state index contributed by atoms with van der Waals surface area (Å²) in [6.45, 7) is 1.55. The Balaban J connectivity index is 1.66. The van der Waals surface area contributed by atoms with Gasteiger partial charge in [0.05, 0.1) is 15.9 Å². The molecule has 0 fully saturated rings. The van der Waals surface area contributed by atoms with E-state index in [1.807, 2.05) is 30.3 Å². The molecule has 0 saturated heterocycles. The minimum absolute atomic E-state index is 0.351. The lowest BCUT2D eigenvalue weighted by atomic mass is 10.3. The molecule has 1 aliphatic heterocycles. The third kappa shape index (κ3) is 2.44. The van der Waals surface area contributed by atoms with Crippen molar-refractivity contribution in [1.82, 2.24) is 13.9 Å². The molecule has 0 aliphatic carbocycles. The lowest BCUT2D eigenvalue weighted by Crippen LogP contribution is -2.33. The molecule has 6 heteroatoms. The molecule has 4 rings (SSSR count). The van der Waals surface area contributed by atoms with Gasteiger partial charge < -0.3 is 4.57 Å². The summed E-state index contributed by atoms with van der Waals surface area (Å²) in [6, 6.07) is 16.6. The summed E-state index contributed by atoms with van der Waals surface area (Å²) >= 11 is 0. The summed E-state index contributed by atoms with van der Waals surface area (Å²) in [6.07, 6.45) is 0.626. The summed E-state index contributed by atoms with van der Waals surface area (Å²) in [5, 5.41) is 0. The lowest BCUT2D eigenvalue weighted by molar-refractivity contribution is 0.416. The smallest absolute Gasteiger partial charge is 0.243 e. The molecule has 2 heterocycles. The van der Waals surface area contributed by atoms with Gasteiger partial charge in [0.25, 0.3) is 0 Å². The van der Waals surface area contributed by atoms with Crippen molar-refractivity contribution in [2.75, 3.05) is 13.1 Å². The van der Waals surface area contributed by atoms with E-state index in [1.54, 1.807) is 28.6 Å². The average Bonchev–Trinajstić information content (AvgIpc) is 2.79. The van der Waals surface area contributed by atoms with Gasteiger partial charge in [0.1, 0.15) is 5.82 Å². The van der Waals surface area contributed by atoms with Crippen LogP contribution in [-0.2, 0) is 23.0 Å². The van der Waals surface area contributed by atoms with E-state index in [1.165, 1.54) is 0 Å². The Kier molecular flexibility index (Phi) is 3.43. The number of hydrogen-bond acceptors (Lipinski definition) is 3. The fourth-order valence-electron chi connectivity index (χ4n) is 3.10. The third-order valence-electron chi connectivity index (χ3n) is 4.27. The van der Waals surface area contributed by atoms with Crippen molar-refractivity contribution in [2.45, 2.75) is 17.9 Å². The minimum atomic E-state index is -3.44. The van der Waals surface area contributed by atoms with Crippen LogP contribution in [0.25, 0.3) is 11.0 Å². The first-order valence-electron chi connectivity index (χ1n) is 7.65. The van der Waals surface area contributed by atoms with Crippen molar-refractivity contribution < 1.29 is 8.42 Å². The predicted molar refractivity (Wildman–Crippen MR) is 88.6 cm³/mol. The van der Waals surface area contributed by atoms with E-state index in [2.05, 4.69) is 9.55 Å². The van der Waals surface area contributed by atoms with Crippen LogP contribution in [0, 0.1) is 0 Å². The topological polar surface area (TPSA) is 55.2 Å². The van der Waals surface area contributed by atoms with Crippen LogP contribution in [0.3, 0.4) is 0 Å². The molecule has 0 spiro atoms. The van der Waals surface area contributed by atoms with Crippen LogP contribution in [0.2, 0.25) is 0 Å². The number of aromatic nitrogens is 2. The first kappa shape index (κ1) is 14.4. The maximum Gasteiger partial charge on any atom is 0.243 e. The monoisotopic (exact) mass is 327 g/mol. The molecule has 1 aromatic heterocycles. The van der Waals surface area contributed by atoms with Crippen molar-refractivity contribution >= 4 is 21.1 Å². The van der Waals surface area contributed by atoms with Gasteiger partial charge >= 0.3 is 0 Å². The number of fused-ring (bicyclic) bond motifs is 3. The zero-order valence-electron chi connectivity index (χ0n) is 12.6. The van der Waals surface area contributed by atoms with E-state index in [9.17, 15) is 8.42 Å². The number of nitrogens with zero attached hydrogens (tertiary/aromatic N) is 3. The summed E-state index contributed by atoms with van der Waals surface area (Å²) in [4.78, 5) is 5.00. The van der Waals surface area contributed by atoms with Crippen molar-refractivity contribution in [3.63, 3.8) is 0 Å². The van der Waals surface area contributed by atoms with Crippen LogP contribution >= 0.6 is 0 Å². The highest BCUT2D eigenvalue weighted by molar-refractivity contribution is 7.89. The Morgan fingerprint density at radius 1 is 0.870 bits per heavy atom. The van der Waals surface area contributed by atoms with Gasteiger partial charge in [0.2, 0.25) is 10.0 Å². The van der Waals surface area contributed by atoms with Crippen molar-refractivity contribution in [2.24, 2.45) is 0 Å². The van der Waals surface area contributed by atoms with Gasteiger partial charge in [-0.1, -0.05) is 30.3 Å². The molecule has 0 radical (unpaired) electrons. The Labute approximate surface area is 135 Å². The molecule has 1 aliphatic rings. The molecular formula is C17H17N3O2S. The quantitative estimate of drug-likeness (QED) is 0.725. The molecule has 0 bridgehead atoms. The highest BCUT2D eigenvalue weighted by Crippen LogP contribution is 2.22. The van der Waals surface area contributed by atoms with E-state index in [0.717, 1.165) is 16.9 Å². The van der Waals surface area contributed by atoms with Gasteiger partial charge in [0, 0.05) is 26.1 Å². The Bertz CT molecular complexity index is 948. The summed E-state index contributed by atoms with van der Waals surface area (Å²) in [5.74, 6) is 0.956. The van der Waals surface area contributed by atoms with Crippen LogP contribution in [0.15, 0.2) is 59.5 Å². The molecule has 0 N–H and O–H groups in total. The normalized spacial score (nSPS) is 16.2. The molecule has 118 valence electrons. The Morgan fingerprint density at radius 3 is 2.43 bits per heavy atom. The average molecular weight is 327 g/mol. The molecule has 0 amide bonds. The summed E-state index contributed by atoms with van der Waals surface area (Å²) < 4.78 is 29.2. The van der Waals surface area contributed by atoms with Crippen LogP contribution < -0.4 is 0 Å². The lowest BCUT2D eigenvalue weighted by Gasteiger charge is -2.19. The summed E-state index contributed by atoms with van der Waals surface area (Å²) in [5.41, 5.74) is 2.04.